The van der Waals surface area contributed by atoms with Gasteiger partial charge in [-0.2, -0.15) is 0 Å². The number of fused-ring (bicyclic) bond motifs is 9. The molecule has 1 nitrogen and oxygen atoms in total. The van der Waals surface area contributed by atoms with Crippen LogP contribution in [0.1, 0.15) is 30.5 Å². The number of aryl methyl sites for hydroxylation is 1. The summed E-state index contributed by atoms with van der Waals surface area (Å²) >= 11 is 1.94. The van der Waals surface area contributed by atoms with E-state index in [4.69, 9.17) is 0 Å². The molecule has 5 aromatic rings. The van der Waals surface area contributed by atoms with E-state index in [0.29, 0.717) is 0 Å². The summed E-state index contributed by atoms with van der Waals surface area (Å²) in [4.78, 5) is 2.80. The van der Waals surface area contributed by atoms with Crippen LogP contribution >= 0.6 is 11.8 Å². The number of nitrogens with zero attached hydrogens (tertiary/aromatic N) is 1. The van der Waals surface area contributed by atoms with E-state index in [-0.39, 0.29) is 12.1 Å². The van der Waals surface area contributed by atoms with Gasteiger partial charge in [-0.1, -0.05) is 91.7 Å². The van der Waals surface area contributed by atoms with Crippen LogP contribution in [0, 0.1) is 6.92 Å². The zero-order valence-corrected chi connectivity index (χ0v) is 19.8. The number of aromatic nitrogens is 1. The Balaban J connectivity index is 1.62. The van der Waals surface area contributed by atoms with Crippen molar-refractivity contribution in [3.05, 3.63) is 95.6 Å². The van der Waals surface area contributed by atoms with E-state index in [0.717, 1.165) is 0 Å². The summed E-state index contributed by atoms with van der Waals surface area (Å²) in [5.74, 6) is 0. The summed E-state index contributed by atoms with van der Waals surface area (Å²) in [6.07, 6.45) is 0. The topological polar surface area (TPSA) is 4.93 Å². The molecule has 0 saturated heterocycles. The van der Waals surface area contributed by atoms with Crippen LogP contribution in [0.4, 0.5) is 0 Å². The van der Waals surface area contributed by atoms with Crippen molar-refractivity contribution in [3.8, 4) is 16.9 Å². The summed E-state index contributed by atoms with van der Waals surface area (Å²) in [7, 11) is 0. The van der Waals surface area contributed by atoms with Gasteiger partial charge in [0.15, 0.2) is 0 Å². The first kappa shape index (κ1) is 18.3. The molecule has 156 valence electrons. The first-order valence-electron chi connectivity index (χ1n) is 11.7. The molecule has 0 atom stereocenters. The highest BCUT2D eigenvalue weighted by Crippen LogP contribution is 2.54. The van der Waals surface area contributed by atoms with Crippen LogP contribution in [0.15, 0.2) is 88.7 Å². The summed E-state index contributed by atoms with van der Waals surface area (Å²) < 4.78 is 2.62. The maximum absolute atomic E-state index is 2.62. The van der Waals surface area contributed by atoms with Crippen LogP contribution in [0.2, 0.25) is 0 Å². The van der Waals surface area contributed by atoms with Crippen LogP contribution in [-0.4, -0.2) is 11.3 Å². The molecule has 0 unspecified atom stereocenters. The van der Waals surface area contributed by atoms with Gasteiger partial charge in [-0.25, -0.2) is 0 Å². The van der Waals surface area contributed by atoms with E-state index in [9.17, 15) is 0 Å². The summed E-state index contributed by atoms with van der Waals surface area (Å²) in [5.41, 5.74) is 14.2. The van der Waals surface area contributed by atoms with E-state index in [1.54, 1.807) is 0 Å². The number of para-hydroxylation sites is 1. The largest absolute Gasteiger partial charge is 0.310 e. The molecule has 4 aromatic carbocycles. The Kier molecular flexibility index (Phi) is 3.24. The molecule has 2 aliphatic heterocycles. The maximum atomic E-state index is 2.62. The second-order valence-electron chi connectivity index (χ2n) is 10.2. The molecule has 0 radical (unpaired) electrons. The zero-order chi connectivity index (χ0) is 22.1. The Bertz CT molecular complexity index is 1690. The van der Waals surface area contributed by atoms with Gasteiger partial charge in [-0.15, -0.1) is 0 Å². The summed E-state index contributed by atoms with van der Waals surface area (Å²) in [5, 5.41) is 1.41. The lowest BCUT2D eigenvalue weighted by Crippen LogP contribution is -2.58. The van der Waals surface area contributed by atoms with E-state index in [1.165, 1.54) is 70.7 Å². The highest BCUT2D eigenvalue weighted by molar-refractivity contribution is 8.00. The van der Waals surface area contributed by atoms with Crippen molar-refractivity contribution in [1.29, 1.82) is 0 Å². The molecule has 0 saturated carbocycles. The van der Waals surface area contributed by atoms with Gasteiger partial charge in [0.1, 0.15) is 0 Å². The van der Waals surface area contributed by atoms with E-state index < -0.39 is 0 Å². The third kappa shape index (κ3) is 2.04. The normalized spacial score (nSPS) is 15.8. The first-order chi connectivity index (χ1) is 16.1. The molecule has 0 spiro atoms. The summed E-state index contributed by atoms with van der Waals surface area (Å²) in [6, 6.07) is 29.8. The molecule has 1 aliphatic carbocycles. The predicted molar refractivity (Wildman–Crippen MR) is 141 cm³/mol. The summed E-state index contributed by atoms with van der Waals surface area (Å²) in [6.45, 7) is 7.33. The van der Waals surface area contributed by atoms with Crippen molar-refractivity contribution in [3.63, 3.8) is 0 Å². The lowest BCUT2D eigenvalue weighted by atomic mass is 9.35. The molecule has 1 aromatic heterocycles. The van der Waals surface area contributed by atoms with Crippen LogP contribution in [0.25, 0.3) is 27.8 Å². The molecule has 0 bridgehead atoms. The Labute approximate surface area is 198 Å². The van der Waals surface area contributed by atoms with Crippen LogP contribution in [-0.2, 0) is 5.41 Å². The molecule has 0 N–H and O–H groups in total. The molecule has 0 amide bonds. The van der Waals surface area contributed by atoms with Crippen LogP contribution < -0.4 is 16.4 Å². The van der Waals surface area contributed by atoms with Crippen molar-refractivity contribution in [2.24, 2.45) is 0 Å². The van der Waals surface area contributed by atoms with E-state index >= 15 is 0 Å². The van der Waals surface area contributed by atoms with Gasteiger partial charge in [-0.05, 0) is 52.7 Å². The Morgan fingerprint density at radius 1 is 0.818 bits per heavy atom. The van der Waals surface area contributed by atoms with Crippen LogP contribution in [0.5, 0.6) is 0 Å². The monoisotopic (exact) mass is 439 g/mol. The van der Waals surface area contributed by atoms with Gasteiger partial charge in [0.05, 0.1) is 5.69 Å². The molecule has 8 rings (SSSR count). The smallest absolute Gasteiger partial charge is 0.249 e. The fourth-order valence-corrected chi connectivity index (χ4v) is 8.07. The number of hydrogen-bond donors (Lipinski definition) is 0. The third-order valence-corrected chi connectivity index (χ3v) is 9.21. The molecule has 3 heteroatoms. The standard InChI is InChI=1S/C30H22BNS/c1-17-15-23-27-25(16-17)33-24-14-7-6-12-21(24)31(27)22-13-8-10-19-26-29(32(23)28(19)22)18-9-4-5-11-20(18)30(26,2)3/h4-16H,1-3H3. The van der Waals surface area contributed by atoms with Gasteiger partial charge in [0.25, 0.3) is 0 Å². The zero-order valence-electron chi connectivity index (χ0n) is 18.9. The van der Waals surface area contributed by atoms with Crippen molar-refractivity contribution in [2.75, 3.05) is 0 Å². The molecule has 0 fully saturated rings. The van der Waals surface area contributed by atoms with Gasteiger partial charge < -0.3 is 4.57 Å². The molecular weight excluding hydrogens is 417 g/mol. The van der Waals surface area contributed by atoms with E-state index in [1.807, 2.05) is 11.8 Å². The van der Waals surface area contributed by atoms with Crippen LogP contribution in [0.3, 0.4) is 0 Å². The Morgan fingerprint density at radius 2 is 1.61 bits per heavy atom. The number of benzene rings is 4. The van der Waals surface area contributed by atoms with Crippen molar-refractivity contribution < 1.29 is 0 Å². The Hall–Kier alpha value is -3.17. The molecule has 3 aliphatic rings. The van der Waals surface area contributed by atoms with Crippen molar-refractivity contribution in [1.82, 2.24) is 4.57 Å². The number of rotatable bonds is 0. The minimum Gasteiger partial charge on any atom is -0.310 e. The quantitative estimate of drug-likeness (QED) is 0.281. The maximum Gasteiger partial charge on any atom is 0.249 e. The SMILES string of the molecule is Cc1cc2c3c(c1)-n1c4c(c5cccc(c51)B3c1ccccc1S2)C(C)(C)c1ccccc1-4. The fraction of sp³-hybridized carbons (Fsp3) is 0.133. The highest BCUT2D eigenvalue weighted by Gasteiger charge is 2.45. The van der Waals surface area contributed by atoms with Crippen molar-refractivity contribution in [2.45, 2.75) is 36.0 Å². The van der Waals surface area contributed by atoms with Gasteiger partial charge in [0.2, 0.25) is 6.71 Å². The average molecular weight is 439 g/mol. The second kappa shape index (κ2) is 5.84. The van der Waals surface area contributed by atoms with E-state index in [2.05, 4.69) is 104 Å². The first-order valence-corrected chi connectivity index (χ1v) is 12.6. The lowest BCUT2D eigenvalue weighted by Gasteiger charge is -2.34. The lowest BCUT2D eigenvalue weighted by molar-refractivity contribution is 0.666. The molecular formula is C30H22BNS. The average Bonchev–Trinajstić information content (AvgIpc) is 3.29. The second-order valence-corrected chi connectivity index (χ2v) is 11.3. The third-order valence-electron chi connectivity index (χ3n) is 8.06. The minimum atomic E-state index is -0.0203. The number of hydrogen-bond acceptors (Lipinski definition) is 1. The Morgan fingerprint density at radius 3 is 2.52 bits per heavy atom. The fourth-order valence-electron chi connectivity index (χ4n) is 6.81. The molecule has 33 heavy (non-hydrogen) atoms. The molecule has 3 heterocycles. The highest BCUT2D eigenvalue weighted by atomic mass is 32.2. The van der Waals surface area contributed by atoms with Crippen molar-refractivity contribution >= 4 is 45.8 Å². The van der Waals surface area contributed by atoms with Gasteiger partial charge >= 0.3 is 0 Å². The minimum absolute atomic E-state index is 0.0203. The van der Waals surface area contributed by atoms with Gasteiger partial charge in [-0.3, -0.25) is 0 Å². The predicted octanol–water partition coefficient (Wildman–Crippen LogP) is 5.54. The van der Waals surface area contributed by atoms with Gasteiger partial charge in [0, 0.05) is 37.4 Å².